The van der Waals surface area contributed by atoms with Crippen LogP contribution in [0.1, 0.15) is 47.0 Å². The second-order valence-electron chi connectivity index (χ2n) is 8.73. The normalized spacial score (nSPS) is 23.3. The first kappa shape index (κ1) is 24.8. The molecule has 1 saturated carbocycles. The molecule has 2 N–H and O–H groups in total. The van der Waals surface area contributed by atoms with Crippen LogP contribution in [-0.4, -0.2) is 46.8 Å². The van der Waals surface area contributed by atoms with Crippen molar-refractivity contribution in [2.75, 3.05) is 25.6 Å². The molecule has 0 spiro atoms. The number of sulfonamides is 1. The van der Waals surface area contributed by atoms with E-state index in [1.165, 1.54) is 25.7 Å². The Morgan fingerprint density at radius 2 is 1.83 bits per heavy atom. The average Bonchev–Trinajstić information content (AvgIpc) is 2.66. The van der Waals surface area contributed by atoms with Crippen molar-refractivity contribution >= 4 is 21.6 Å². The molecule has 30 heavy (non-hydrogen) atoms. The molecule has 1 aromatic carbocycles. The zero-order chi connectivity index (χ0) is 22.3. The highest BCUT2D eigenvalue weighted by molar-refractivity contribution is 7.89. The van der Waals surface area contributed by atoms with Gasteiger partial charge in [0.1, 0.15) is 6.61 Å². The summed E-state index contributed by atoms with van der Waals surface area (Å²) in [4.78, 5) is 12.5. The van der Waals surface area contributed by atoms with Gasteiger partial charge in [0.2, 0.25) is 15.9 Å². The third-order valence-electron chi connectivity index (χ3n) is 5.61. The van der Waals surface area contributed by atoms with Crippen molar-refractivity contribution in [2.45, 2.75) is 64.0 Å². The number of rotatable bonds is 10. The van der Waals surface area contributed by atoms with Crippen LogP contribution in [0.5, 0.6) is 0 Å². The van der Waals surface area contributed by atoms with E-state index in [-0.39, 0.29) is 36.2 Å². The molecule has 0 unspecified atom stereocenters. The van der Waals surface area contributed by atoms with Crippen molar-refractivity contribution in [3.8, 4) is 0 Å². The molecular formula is C22H36N2O5S. The number of amides is 1. The van der Waals surface area contributed by atoms with Crippen LogP contribution in [0.2, 0.25) is 0 Å². The van der Waals surface area contributed by atoms with Gasteiger partial charge in [-0.1, -0.05) is 27.2 Å². The molecule has 170 valence electrons. The van der Waals surface area contributed by atoms with Crippen LogP contribution >= 0.6 is 0 Å². The van der Waals surface area contributed by atoms with Gasteiger partial charge in [-0.2, -0.15) is 0 Å². The number of benzene rings is 1. The third-order valence-corrected chi connectivity index (χ3v) is 7.22. The van der Waals surface area contributed by atoms with Gasteiger partial charge in [-0.3, -0.25) is 4.79 Å². The van der Waals surface area contributed by atoms with E-state index < -0.39 is 10.0 Å². The maximum absolute atomic E-state index is 12.4. The highest BCUT2D eigenvalue weighted by Gasteiger charge is 2.31. The predicted molar refractivity (Wildman–Crippen MR) is 118 cm³/mol. The lowest BCUT2D eigenvalue weighted by Gasteiger charge is -2.37. The molecule has 0 bridgehead atoms. The van der Waals surface area contributed by atoms with Gasteiger partial charge in [0, 0.05) is 18.8 Å². The van der Waals surface area contributed by atoms with E-state index in [0.717, 1.165) is 12.8 Å². The number of carbonyl (C=O) groups excluding carboxylic acids is 1. The van der Waals surface area contributed by atoms with Crippen molar-refractivity contribution in [3.63, 3.8) is 0 Å². The van der Waals surface area contributed by atoms with Crippen LogP contribution in [0, 0.1) is 17.8 Å². The van der Waals surface area contributed by atoms with Gasteiger partial charge in [0.05, 0.1) is 17.6 Å². The summed E-state index contributed by atoms with van der Waals surface area (Å²) in [5.74, 6) is 1.38. The van der Waals surface area contributed by atoms with Crippen molar-refractivity contribution in [1.29, 1.82) is 0 Å². The first-order chi connectivity index (χ1) is 14.1. The summed E-state index contributed by atoms with van der Waals surface area (Å²) in [6, 6.07) is 5.75. The van der Waals surface area contributed by atoms with Gasteiger partial charge in [0.15, 0.2) is 0 Å². The lowest BCUT2D eigenvalue weighted by Crippen LogP contribution is -2.36. The molecule has 0 saturated heterocycles. The van der Waals surface area contributed by atoms with E-state index >= 15 is 0 Å². The minimum Gasteiger partial charge on any atom is -0.383 e. The number of carbonyl (C=O) groups is 1. The lowest BCUT2D eigenvalue weighted by atomic mass is 9.75. The average molecular weight is 441 g/mol. The topological polar surface area (TPSA) is 93.7 Å². The molecule has 8 heteroatoms. The van der Waals surface area contributed by atoms with Gasteiger partial charge in [-0.25, -0.2) is 13.1 Å². The lowest BCUT2D eigenvalue weighted by molar-refractivity contribution is -0.126. The second-order valence-corrected chi connectivity index (χ2v) is 10.4. The zero-order valence-electron chi connectivity index (χ0n) is 18.7. The maximum atomic E-state index is 12.4. The Hall–Kier alpha value is -1.48. The molecule has 0 aromatic heterocycles. The SMILES string of the molecule is COC[C@H](C)NS(=O)(=O)c1ccc(NC(=O)CO[C@@H]2C[C@H](C)CC[C@@H]2C(C)C)cc1. The summed E-state index contributed by atoms with van der Waals surface area (Å²) in [6.07, 6.45) is 3.44. The van der Waals surface area contributed by atoms with E-state index in [1.807, 2.05) is 0 Å². The quantitative estimate of drug-likeness (QED) is 0.581. The monoisotopic (exact) mass is 440 g/mol. The summed E-state index contributed by atoms with van der Waals surface area (Å²) in [5.41, 5.74) is 0.532. The Morgan fingerprint density at radius 1 is 1.17 bits per heavy atom. The first-order valence-corrected chi connectivity index (χ1v) is 12.1. The number of ether oxygens (including phenoxy) is 2. The van der Waals surface area contributed by atoms with Crippen molar-refractivity contribution < 1.29 is 22.7 Å². The van der Waals surface area contributed by atoms with Crippen LogP contribution < -0.4 is 10.0 Å². The molecule has 7 nitrogen and oxygen atoms in total. The summed E-state index contributed by atoms with van der Waals surface area (Å²) in [6.45, 7) is 8.65. The molecular weight excluding hydrogens is 404 g/mol. The smallest absolute Gasteiger partial charge is 0.250 e. The Kier molecular flexibility index (Phi) is 9.28. The van der Waals surface area contributed by atoms with E-state index in [2.05, 4.69) is 30.8 Å². The minimum absolute atomic E-state index is 0.00323. The summed E-state index contributed by atoms with van der Waals surface area (Å²) >= 11 is 0. The fraction of sp³-hybridized carbons (Fsp3) is 0.682. The number of hydrogen-bond donors (Lipinski definition) is 2. The van der Waals surface area contributed by atoms with E-state index in [9.17, 15) is 13.2 Å². The van der Waals surface area contributed by atoms with E-state index in [0.29, 0.717) is 23.4 Å². The zero-order valence-corrected chi connectivity index (χ0v) is 19.5. The Morgan fingerprint density at radius 3 is 2.43 bits per heavy atom. The fourth-order valence-electron chi connectivity index (χ4n) is 4.02. The number of hydrogen-bond acceptors (Lipinski definition) is 5. The van der Waals surface area contributed by atoms with Gasteiger partial charge in [-0.15, -0.1) is 0 Å². The van der Waals surface area contributed by atoms with Crippen molar-refractivity contribution in [1.82, 2.24) is 4.72 Å². The van der Waals surface area contributed by atoms with Gasteiger partial charge >= 0.3 is 0 Å². The largest absolute Gasteiger partial charge is 0.383 e. The van der Waals surface area contributed by atoms with Crippen LogP contribution in [0.3, 0.4) is 0 Å². The first-order valence-electron chi connectivity index (χ1n) is 10.6. The molecule has 0 radical (unpaired) electrons. The highest BCUT2D eigenvalue weighted by atomic mass is 32.2. The predicted octanol–water partition coefficient (Wildman–Crippen LogP) is 3.42. The molecule has 4 atom stereocenters. The number of nitrogens with one attached hydrogen (secondary N) is 2. The standard InChI is InChI=1S/C22H36N2O5S/c1-15(2)20-11-6-16(3)12-21(20)29-14-22(25)23-18-7-9-19(10-8-18)30(26,27)24-17(4)13-28-5/h7-10,15-17,20-21,24H,6,11-14H2,1-5H3,(H,23,25)/t16-,17+,20-,21-/m1/s1. The Labute approximate surface area is 181 Å². The van der Waals surface area contributed by atoms with Crippen LogP contribution in [0.15, 0.2) is 29.2 Å². The fourth-order valence-corrected chi connectivity index (χ4v) is 5.25. The van der Waals surface area contributed by atoms with Crippen molar-refractivity contribution in [3.05, 3.63) is 24.3 Å². The molecule has 1 aromatic rings. The molecule has 1 amide bonds. The van der Waals surface area contributed by atoms with Crippen molar-refractivity contribution in [2.24, 2.45) is 17.8 Å². The molecule has 0 aliphatic heterocycles. The number of methoxy groups -OCH3 is 1. The Bertz CT molecular complexity index is 779. The molecule has 2 rings (SSSR count). The van der Waals surface area contributed by atoms with Crippen LogP contribution in [0.25, 0.3) is 0 Å². The summed E-state index contributed by atoms with van der Waals surface area (Å²) in [5, 5.41) is 2.78. The van der Waals surface area contributed by atoms with Crippen LogP contribution in [-0.2, 0) is 24.3 Å². The summed E-state index contributed by atoms with van der Waals surface area (Å²) in [7, 11) is -2.12. The molecule has 1 aliphatic carbocycles. The highest BCUT2D eigenvalue weighted by Crippen LogP contribution is 2.35. The molecule has 1 aliphatic rings. The number of anilines is 1. The second kappa shape index (κ2) is 11.2. The van der Waals surface area contributed by atoms with Crippen LogP contribution in [0.4, 0.5) is 5.69 Å². The summed E-state index contributed by atoms with van der Waals surface area (Å²) < 4.78 is 38.2. The van der Waals surface area contributed by atoms with E-state index in [4.69, 9.17) is 9.47 Å². The Balaban J connectivity index is 1.90. The van der Waals surface area contributed by atoms with Gasteiger partial charge in [-0.05, 0) is 61.8 Å². The van der Waals surface area contributed by atoms with E-state index in [1.54, 1.807) is 19.1 Å². The third kappa shape index (κ3) is 7.34. The molecule has 0 heterocycles. The minimum atomic E-state index is -3.64. The molecule has 1 fully saturated rings. The van der Waals surface area contributed by atoms with Gasteiger partial charge < -0.3 is 14.8 Å². The maximum Gasteiger partial charge on any atom is 0.250 e. The van der Waals surface area contributed by atoms with Gasteiger partial charge in [0.25, 0.3) is 0 Å².